The lowest BCUT2D eigenvalue weighted by molar-refractivity contribution is -0.132. The molecule has 0 saturated heterocycles. The van der Waals surface area contributed by atoms with Crippen LogP contribution in [0.25, 0.3) is 34.4 Å². The van der Waals surface area contributed by atoms with Gasteiger partial charge in [0.05, 0.1) is 10.0 Å². The first-order chi connectivity index (χ1) is 18.7. The highest BCUT2D eigenvalue weighted by Crippen LogP contribution is 2.47. The van der Waals surface area contributed by atoms with Crippen LogP contribution < -0.4 is 0 Å². The van der Waals surface area contributed by atoms with Crippen LogP contribution in [0.15, 0.2) is 104 Å². The first-order valence-electron chi connectivity index (χ1n) is 11.3. The highest BCUT2D eigenvalue weighted by atomic mass is 79.9. The number of carboxylic acid groups (broad SMARTS) is 2. The molecule has 2 N–H and O–H groups in total. The number of aliphatic carboxylic acids is 2. The van der Waals surface area contributed by atoms with Gasteiger partial charge in [-0.3, -0.25) is 0 Å². The predicted molar refractivity (Wildman–Crippen MR) is 167 cm³/mol. The van der Waals surface area contributed by atoms with E-state index in [4.69, 9.17) is 23.2 Å². The maximum atomic E-state index is 11.2. The van der Waals surface area contributed by atoms with Gasteiger partial charge in [-0.15, -0.1) is 0 Å². The van der Waals surface area contributed by atoms with E-state index in [1.807, 2.05) is 72.8 Å². The average Bonchev–Trinajstić information content (AvgIpc) is 2.90. The van der Waals surface area contributed by atoms with Gasteiger partial charge in [0, 0.05) is 42.0 Å². The standard InChI is InChI=1S/C30H18Br2Cl2O4S/c31-21-7-3-1-5-19(21)27-17(11-15-25(35)36)9-13-23(29(27)33)39-24-14-10-18(12-16-26(37)38)28(30(24)34)20-6-2-4-8-22(20)32/h1-16H,(H,35,36)(H,37,38). The van der Waals surface area contributed by atoms with Gasteiger partial charge in [-0.05, 0) is 58.7 Å². The number of hydrogen-bond acceptors (Lipinski definition) is 3. The summed E-state index contributed by atoms with van der Waals surface area (Å²) in [5, 5.41) is 19.2. The number of rotatable bonds is 8. The molecule has 0 aliphatic carbocycles. The number of carbonyl (C=O) groups is 2. The second kappa shape index (κ2) is 13.0. The summed E-state index contributed by atoms with van der Waals surface area (Å²) in [6, 6.07) is 22.4. The molecule has 9 heteroatoms. The van der Waals surface area contributed by atoms with Gasteiger partial charge in [0.2, 0.25) is 0 Å². The molecule has 0 bridgehead atoms. The first kappa shape index (κ1) is 29.2. The van der Waals surface area contributed by atoms with Gasteiger partial charge in [-0.2, -0.15) is 0 Å². The Morgan fingerprint density at radius 1 is 0.641 bits per heavy atom. The Bertz CT molecular complexity index is 1530. The normalized spacial score (nSPS) is 11.4. The summed E-state index contributed by atoms with van der Waals surface area (Å²) in [7, 11) is 0. The van der Waals surface area contributed by atoms with Crippen LogP contribution in [0.4, 0.5) is 0 Å². The van der Waals surface area contributed by atoms with E-state index in [1.54, 1.807) is 0 Å². The molecule has 4 rings (SSSR count). The van der Waals surface area contributed by atoms with Crippen molar-refractivity contribution >= 4 is 90.9 Å². The number of hydrogen-bond donors (Lipinski definition) is 2. The zero-order valence-corrected chi connectivity index (χ0v) is 25.4. The fraction of sp³-hybridized carbons (Fsp3) is 0. The topological polar surface area (TPSA) is 74.6 Å². The van der Waals surface area contributed by atoms with Crippen molar-refractivity contribution in [2.75, 3.05) is 0 Å². The van der Waals surface area contributed by atoms with E-state index in [1.165, 1.54) is 23.9 Å². The van der Waals surface area contributed by atoms with E-state index in [0.717, 1.165) is 32.2 Å². The summed E-state index contributed by atoms with van der Waals surface area (Å²) in [6.07, 6.45) is 5.17. The Balaban J connectivity index is 1.88. The van der Waals surface area contributed by atoms with Crippen molar-refractivity contribution in [3.8, 4) is 22.3 Å². The van der Waals surface area contributed by atoms with E-state index < -0.39 is 11.9 Å². The first-order valence-corrected chi connectivity index (χ1v) is 14.5. The SMILES string of the molecule is O=C(O)C=Cc1ccc(Sc2ccc(C=CC(=O)O)c(-c3ccccc3Br)c2Cl)c(Cl)c1-c1ccccc1Br. The molecule has 196 valence electrons. The molecule has 4 aromatic rings. The molecule has 0 aliphatic rings. The van der Waals surface area contributed by atoms with Crippen molar-refractivity contribution in [3.05, 3.63) is 115 Å². The third-order valence-corrected chi connectivity index (χ3v) is 9.11. The lowest BCUT2D eigenvalue weighted by Crippen LogP contribution is -1.93. The highest BCUT2D eigenvalue weighted by molar-refractivity contribution is 9.11. The van der Waals surface area contributed by atoms with Gasteiger partial charge in [-0.1, -0.05) is 115 Å². The summed E-state index contributed by atoms with van der Waals surface area (Å²) in [4.78, 5) is 23.9. The quantitative estimate of drug-likeness (QED) is 0.179. The van der Waals surface area contributed by atoms with Crippen molar-refractivity contribution in [1.29, 1.82) is 0 Å². The van der Waals surface area contributed by atoms with Crippen LogP contribution in [0.2, 0.25) is 10.0 Å². The lowest BCUT2D eigenvalue weighted by Gasteiger charge is -2.17. The van der Waals surface area contributed by atoms with Gasteiger partial charge >= 0.3 is 11.9 Å². The molecule has 0 atom stereocenters. The van der Waals surface area contributed by atoms with Crippen LogP contribution in [0.1, 0.15) is 11.1 Å². The van der Waals surface area contributed by atoms with Gasteiger partial charge in [0.15, 0.2) is 0 Å². The van der Waals surface area contributed by atoms with E-state index in [9.17, 15) is 19.8 Å². The zero-order chi connectivity index (χ0) is 28.1. The van der Waals surface area contributed by atoms with E-state index >= 15 is 0 Å². The number of halogens is 4. The fourth-order valence-corrected chi connectivity index (χ4v) is 6.53. The molecule has 0 aromatic heterocycles. The van der Waals surface area contributed by atoms with Crippen LogP contribution in [-0.2, 0) is 9.59 Å². The molecule has 39 heavy (non-hydrogen) atoms. The molecule has 0 radical (unpaired) electrons. The van der Waals surface area contributed by atoms with Crippen molar-refractivity contribution < 1.29 is 19.8 Å². The summed E-state index contributed by atoms with van der Waals surface area (Å²) in [6.45, 7) is 0. The average molecular weight is 705 g/mol. The van der Waals surface area contributed by atoms with Gasteiger partial charge in [0.25, 0.3) is 0 Å². The van der Waals surface area contributed by atoms with E-state index in [2.05, 4.69) is 31.9 Å². The van der Waals surface area contributed by atoms with Crippen molar-refractivity contribution in [1.82, 2.24) is 0 Å². The third kappa shape index (κ3) is 6.86. The van der Waals surface area contributed by atoms with Crippen LogP contribution in [0.3, 0.4) is 0 Å². The molecular weight excluding hydrogens is 687 g/mol. The summed E-state index contributed by atoms with van der Waals surface area (Å²) >= 11 is 22.5. The van der Waals surface area contributed by atoms with Crippen molar-refractivity contribution in [2.24, 2.45) is 0 Å². The fourth-order valence-electron chi connectivity index (χ4n) is 3.90. The number of benzene rings is 4. The highest BCUT2D eigenvalue weighted by Gasteiger charge is 2.19. The van der Waals surface area contributed by atoms with E-state index in [0.29, 0.717) is 42.1 Å². The monoisotopic (exact) mass is 702 g/mol. The summed E-state index contributed by atoms with van der Waals surface area (Å²) in [5.74, 6) is -2.13. The molecule has 0 amide bonds. The summed E-state index contributed by atoms with van der Waals surface area (Å²) < 4.78 is 1.62. The Labute approximate surface area is 256 Å². The second-order valence-electron chi connectivity index (χ2n) is 8.09. The molecule has 0 aliphatic heterocycles. The Kier molecular flexibility index (Phi) is 9.75. The smallest absolute Gasteiger partial charge is 0.328 e. The molecule has 4 aromatic carbocycles. The molecule has 0 unspecified atom stereocenters. The Morgan fingerprint density at radius 3 is 1.38 bits per heavy atom. The Morgan fingerprint density at radius 2 is 1.03 bits per heavy atom. The maximum absolute atomic E-state index is 11.2. The molecule has 0 spiro atoms. The predicted octanol–water partition coefficient (Wildman–Crippen LogP) is 10.2. The van der Waals surface area contributed by atoms with Gasteiger partial charge in [0.1, 0.15) is 0 Å². The Hall–Kier alpha value is -2.81. The van der Waals surface area contributed by atoms with Gasteiger partial charge < -0.3 is 10.2 Å². The number of carboxylic acids is 2. The molecule has 4 nitrogen and oxygen atoms in total. The van der Waals surface area contributed by atoms with Crippen molar-refractivity contribution in [2.45, 2.75) is 9.79 Å². The minimum absolute atomic E-state index is 0.438. The summed E-state index contributed by atoms with van der Waals surface area (Å²) in [5.41, 5.74) is 4.26. The molecule has 0 saturated carbocycles. The third-order valence-electron chi connectivity index (χ3n) is 5.59. The lowest BCUT2D eigenvalue weighted by atomic mass is 9.99. The second-order valence-corrected chi connectivity index (χ2v) is 11.6. The molecule has 0 fully saturated rings. The minimum Gasteiger partial charge on any atom is -0.478 e. The minimum atomic E-state index is -1.06. The molecule has 0 heterocycles. The van der Waals surface area contributed by atoms with Crippen LogP contribution >= 0.6 is 66.8 Å². The van der Waals surface area contributed by atoms with Crippen LogP contribution in [0, 0.1) is 0 Å². The maximum Gasteiger partial charge on any atom is 0.328 e. The largest absolute Gasteiger partial charge is 0.478 e. The van der Waals surface area contributed by atoms with E-state index in [-0.39, 0.29) is 0 Å². The van der Waals surface area contributed by atoms with Crippen LogP contribution in [-0.4, -0.2) is 22.2 Å². The van der Waals surface area contributed by atoms with Gasteiger partial charge in [-0.25, -0.2) is 9.59 Å². The zero-order valence-electron chi connectivity index (χ0n) is 19.9. The molecular formula is C30H18Br2Cl2O4S. The van der Waals surface area contributed by atoms with Crippen LogP contribution in [0.5, 0.6) is 0 Å². The van der Waals surface area contributed by atoms with Crippen molar-refractivity contribution in [3.63, 3.8) is 0 Å².